The predicted octanol–water partition coefficient (Wildman–Crippen LogP) is 21.6. The standard InChI is InChI=1S/C71H131N2O7P/c1-7-10-13-16-19-22-25-28-30-32-34-35-36-37-39-41-43-46-49-52-55-58-61-64-71(75)80-69(62-59-56-53-50-47-44-27-24-21-18-15-12-9-3)68(67-79-81(76,77)78-66-65-73(4,5)6)72-70(74)63-60-57-54-51-48-45-42-40-38-33-31-29-26-23-20-17-14-11-8-2/h11,14,20,23,29,31,38,40,45,48,59,62,68-69H,7-10,12-13,15-19,21-22,24-28,30,32-37,39,41-44,46-47,49-58,60-61,63-67H2,1-6H3,(H-,72,74,76,77)/p+1/b14-11-,23-20-,31-29-,40-38-,48-45-,62-59+. The Hall–Kier alpha value is -2.55. The molecule has 0 saturated carbocycles. The first kappa shape index (κ1) is 78.5. The number of carbonyl (C=O) groups is 2. The Morgan fingerprint density at radius 1 is 0.444 bits per heavy atom. The summed E-state index contributed by atoms with van der Waals surface area (Å²) in [6, 6.07) is -0.867. The van der Waals surface area contributed by atoms with Crippen LogP contribution in [-0.2, 0) is 27.9 Å². The van der Waals surface area contributed by atoms with E-state index in [-0.39, 0.29) is 31.5 Å². The number of amides is 1. The highest BCUT2D eigenvalue weighted by Crippen LogP contribution is 2.43. The van der Waals surface area contributed by atoms with Crippen molar-refractivity contribution in [2.24, 2.45) is 0 Å². The lowest BCUT2D eigenvalue weighted by molar-refractivity contribution is -0.870. The zero-order valence-corrected chi connectivity index (χ0v) is 54.9. The maximum atomic E-state index is 13.6. The highest BCUT2D eigenvalue weighted by atomic mass is 31.2. The Morgan fingerprint density at radius 3 is 1.20 bits per heavy atom. The zero-order chi connectivity index (χ0) is 59.3. The summed E-state index contributed by atoms with van der Waals surface area (Å²) >= 11 is 0. The van der Waals surface area contributed by atoms with Crippen molar-refractivity contribution in [3.8, 4) is 0 Å². The van der Waals surface area contributed by atoms with Gasteiger partial charge in [-0.05, 0) is 76.7 Å². The van der Waals surface area contributed by atoms with E-state index < -0.39 is 20.0 Å². The molecule has 472 valence electrons. The van der Waals surface area contributed by atoms with Crippen LogP contribution in [0.15, 0.2) is 72.9 Å². The predicted molar refractivity (Wildman–Crippen MR) is 351 cm³/mol. The van der Waals surface area contributed by atoms with Gasteiger partial charge in [0, 0.05) is 12.8 Å². The molecule has 10 heteroatoms. The first-order valence-electron chi connectivity index (χ1n) is 34.3. The molecule has 0 rings (SSSR count). The van der Waals surface area contributed by atoms with Crippen LogP contribution < -0.4 is 5.32 Å². The lowest BCUT2D eigenvalue weighted by Gasteiger charge is -2.27. The molecule has 81 heavy (non-hydrogen) atoms. The van der Waals surface area contributed by atoms with E-state index in [1.807, 2.05) is 33.3 Å². The quantitative estimate of drug-likeness (QED) is 0.0205. The van der Waals surface area contributed by atoms with Gasteiger partial charge < -0.3 is 19.4 Å². The van der Waals surface area contributed by atoms with Crippen LogP contribution in [0.4, 0.5) is 0 Å². The van der Waals surface area contributed by atoms with Crippen molar-refractivity contribution in [1.29, 1.82) is 0 Å². The molecule has 0 aromatic rings. The Labute approximate surface area is 502 Å². The van der Waals surface area contributed by atoms with Gasteiger partial charge in [-0.15, -0.1) is 0 Å². The number of esters is 1. The van der Waals surface area contributed by atoms with E-state index in [0.717, 1.165) is 89.9 Å². The number of unbranched alkanes of at least 4 members (excludes halogenated alkanes) is 36. The van der Waals surface area contributed by atoms with Crippen LogP contribution in [-0.4, -0.2) is 74.3 Å². The molecule has 0 aliphatic carbocycles. The maximum Gasteiger partial charge on any atom is 0.472 e. The minimum absolute atomic E-state index is 0.0325. The number of phosphoric ester groups is 1. The fourth-order valence-electron chi connectivity index (χ4n) is 9.91. The van der Waals surface area contributed by atoms with E-state index in [0.29, 0.717) is 23.9 Å². The number of ether oxygens (including phenoxy) is 1. The van der Waals surface area contributed by atoms with E-state index in [1.54, 1.807) is 0 Å². The van der Waals surface area contributed by atoms with E-state index in [1.165, 1.54) is 186 Å². The van der Waals surface area contributed by atoms with E-state index in [9.17, 15) is 19.0 Å². The Bertz CT molecular complexity index is 1620. The van der Waals surface area contributed by atoms with Gasteiger partial charge in [-0.3, -0.25) is 18.6 Å². The van der Waals surface area contributed by atoms with Crippen molar-refractivity contribution in [1.82, 2.24) is 5.32 Å². The highest BCUT2D eigenvalue weighted by molar-refractivity contribution is 7.47. The average molecular weight is 1160 g/mol. The van der Waals surface area contributed by atoms with Crippen LogP contribution in [0.2, 0.25) is 0 Å². The molecule has 0 aromatic carbocycles. The normalized spacial score (nSPS) is 14.0. The molecule has 3 unspecified atom stereocenters. The third-order valence-corrected chi connectivity index (χ3v) is 16.1. The minimum Gasteiger partial charge on any atom is -0.456 e. The van der Waals surface area contributed by atoms with Crippen molar-refractivity contribution in [2.75, 3.05) is 40.9 Å². The van der Waals surface area contributed by atoms with E-state index >= 15 is 0 Å². The second-order valence-corrected chi connectivity index (χ2v) is 25.8. The molecule has 0 aromatic heterocycles. The van der Waals surface area contributed by atoms with Crippen molar-refractivity contribution >= 4 is 19.7 Å². The number of quaternary nitrogens is 1. The van der Waals surface area contributed by atoms with Crippen LogP contribution in [0.1, 0.15) is 316 Å². The number of nitrogens with zero attached hydrogens (tertiary/aromatic N) is 1. The molecular formula is C71H132N2O7P+. The molecule has 1 amide bonds. The summed E-state index contributed by atoms with van der Waals surface area (Å²) in [7, 11) is 1.48. The number of likely N-dealkylation sites (N-methyl/N-ethyl adjacent to an activating group) is 1. The maximum absolute atomic E-state index is 13.6. The molecule has 0 spiro atoms. The summed E-state index contributed by atoms with van der Waals surface area (Å²) in [6.45, 7) is 6.91. The summed E-state index contributed by atoms with van der Waals surface area (Å²) in [5, 5.41) is 3.05. The Balaban J connectivity index is 5.19. The number of hydrogen-bond acceptors (Lipinski definition) is 6. The lowest BCUT2D eigenvalue weighted by Crippen LogP contribution is -2.47. The molecule has 0 saturated heterocycles. The van der Waals surface area contributed by atoms with Crippen molar-refractivity contribution in [3.63, 3.8) is 0 Å². The van der Waals surface area contributed by atoms with Gasteiger partial charge in [0.15, 0.2) is 0 Å². The number of carbonyl (C=O) groups excluding carboxylic acids is 2. The second-order valence-electron chi connectivity index (χ2n) is 24.3. The monoisotopic (exact) mass is 1160 g/mol. The third-order valence-electron chi connectivity index (χ3n) is 15.2. The SMILES string of the molecule is CC/C=C\C/C=C\C/C=C\C/C=C\C/C=C\CCCCCC(=O)NC(COP(=O)(O)OCC[N+](C)(C)C)C(/C=C/CCCCCCCCCCCCC)OC(=O)CCCCCCCCCCCCCCCCCCCCCCCCC. The summed E-state index contributed by atoms with van der Waals surface area (Å²) in [6.07, 6.45) is 79.1. The largest absolute Gasteiger partial charge is 0.472 e. The first-order chi connectivity index (χ1) is 39.4. The summed E-state index contributed by atoms with van der Waals surface area (Å²) in [4.78, 5) is 37.8. The van der Waals surface area contributed by atoms with Crippen molar-refractivity contribution < 1.29 is 37.3 Å². The summed E-state index contributed by atoms with van der Waals surface area (Å²) < 4.78 is 30.8. The van der Waals surface area contributed by atoms with Crippen LogP contribution in [0.5, 0.6) is 0 Å². The van der Waals surface area contributed by atoms with Crippen LogP contribution >= 0.6 is 7.82 Å². The molecule has 0 radical (unpaired) electrons. The zero-order valence-electron chi connectivity index (χ0n) is 54.0. The smallest absolute Gasteiger partial charge is 0.456 e. The number of hydrogen-bond donors (Lipinski definition) is 2. The van der Waals surface area contributed by atoms with Crippen LogP contribution in [0.25, 0.3) is 0 Å². The molecular weight excluding hydrogens is 1020 g/mol. The lowest BCUT2D eigenvalue weighted by atomic mass is 10.0. The van der Waals surface area contributed by atoms with Gasteiger partial charge in [-0.1, -0.05) is 299 Å². The summed E-state index contributed by atoms with van der Waals surface area (Å²) in [5.41, 5.74) is 0. The fourth-order valence-corrected chi connectivity index (χ4v) is 10.6. The number of rotatable bonds is 62. The van der Waals surface area contributed by atoms with E-state index in [2.05, 4.69) is 86.8 Å². The number of phosphoric acid groups is 1. The molecule has 0 heterocycles. The topological polar surface area (TPSA) is 111 Å². The number of nitrogens with one attached hydrogen (secondary N) is 1. The third kappa shape index (κ3) is 61.8. The van der Waals surface area contributed by atoms with Gasteiger partial charge in [-0.2, -0.15) is 0 Å². The molecule has 0 bridgehead atoms. The summed E-state index contributed by atoms with van der Waals surface area (Å²) in [5.74, 6) is -0.532. The van der Waals surface area contributed by atoms with Crippen molar-refractivity contribution in [2.45, 2.75) is 328 Å². The van der Waals surface area contributed by atoms with Gasteiger partial charge in [-0.25, -0.2) is 4.57 Å². The average Bonchev–Trinajstić information content (AvgIpc) is 3.44. The molecule has 2 N–H and O–H groups in total. The van der Waals surface area contributed by atoms with Gasteiger partial charge in [0.25, 0.3) is 0 Å². The van der Waals surface area contributed by atoms with Gasteiger partial charge >= 0.3 is 13.8 Å². The molecule has 0 aliphatic heterocycles. The van der Waals surface area contributed by atoms with Crippen LogP contribution in [0.3, 0.4) is 0 Å². The van der Waals surface area contributed by atoms with E-state index in [4.69, 9.17) is 13.8 Å². The second kappa shape index (κ2) is 60.6. The number of allylic oxidation sites excluding steroid dienone is 11. The molecule has 3 atom stereocenters. The molecule has 9 nitrogen and oxygen atoms in total. The van der Waals surface area contributed by atoms with Gasteiger partial charge in [0.05, 0.1) is 33.8 Å². The molecule has 0 aliphatic rings. The van der Waals surface area contributed by atoms with Gasteiger partial charge in [0.2, 0.25) is 5.91 Å². The fraction of sp³-hybridized carbons (Fsp3) is 0.803. The molecule has 0 fully saturated rings. The Morgan fingerprint density at radius 2 is 0.790 bits per heavy atom. The first-order valence-corrected chi connectivity index (χ1v) is 35.8. The Kier molecular flexibility index (Phi) is 58.7. The highest BCUT2D eigenvalue weighted by Gasteiger charge is 2.30. The van der Waals surface area contributed by atoms with Gasteiger partial charge in [0.1, 0.15) is 19.3 Å². The van der Waals surface area contributed by atoms with Crippen molar-refractivity contribution in [3.05, 3.63) is 72.9 Å². The van der Waals surface area contributed by atoms with Crippen LogP contribution in [0, 0.1) is 0 Å². The minimum atomic E-state index is -4.46.